The van der Waals surface area contributed by atoms with Gasteiger partial charge in [-0.1, -0.05) is 41.6 Å². The van der Waals surface area contributed by atoms with Crippen LogP contribution in [-0.2, 0) is 9.57 Å². The van der Waals surface area contributed by atoms with Crippen LogP contribution in [0.25, 0.3) is 0 Å². The lowest BCUT2D eigenvalue weighted by atomic mass is 9.92. The normalized spacial score (nSPS) is 16.1. The molecular weight excluding hydrogens is 421 g/mol. The van der Waals surface area contributed by atoms with Gasteiger partial charge in [0.05, 0.1) is 12.8 Å². The van der Waals surface area contributed by atoms with Gasteiger partial charge in [0.15, 0.2) is 23.3 Å². The first-order chi connectivity index (χ1) is 14.8. The summed E-state index contributed by atoms with van der Waals surface area (Å²) in [5, 5.41) is 3.68. The largest absolute Gasteiger partial charge is 0.497 e. The molecule has 0 saturated carbocycles. The molecule has 9 heteroatoms. The third-order valence-corrected chi connectivity index (χ3v) is 4.61. The van der Waals surface area contributed by atoms with Gasteiger partial charge in [-0.2, -0.15) is 0 Å². The van der Waals surface area contributed by atoms with Crippen molar-refractivity contribution in [1.82, 2.24) is 0 Å². The molecule has 0 saturated heterocycles. The van der Waals surface area contributed by atoms with Gasteiger partial charge in [0.1, 0.15) is 11.3 Å². The third-order valence-electron chi connectivity index (χ3n) is 4.61. The van der Waals surface area contributed by atoms with Gasteiger partial charge in [0, 0.05) is 6.42 Å². The van der Waals surface area contributed by atoms with Crippen molar-refractivity contribution in [2.24, 2.45) is 11.1 Å². The number of oxime groups is 1. The van der Waals surface area contributed by atoms with E-state index < -0.39 is 40.6 Å². The Morgan fingerprint density at radius 2 is 1.61 bits per heavy atom. The van der Waals surface area contributed by atoms with Crippen LogP contribution >= 0.6 is 0 Å². The Morgan fingerprint density at radius 3 is 2.16 bits per heavy atom. The third kappa shape index (κ3) is 4.82. The van der Waals surface area contributed by atoms with Gasteiger partial charge in [0.25, 0.3) is 0 Å². The highest BCUT2D eigenvalue weighted by atomic mass is 19.2. The van der Waals surface area contributed by atoms with Crippen LogP contribution in [0.1, 0.15) is 28.8 Å². The summed E-state index contributed by atoms with van der Waals surface area (Å²) in [7, 11) is 1.53. The second kappa shape index (κ2) is 9.55. The zero-order valence-electron chi connectivity index (χ0n) is 16.2. The second-order valence-electron chi connectivity index (χ2n) is 6.60. The van der Waals surface area contributed by atoms with Crippen LogP contribution in [0.2, 0.25) is 0 Å². The van der Waals surface area contributed by atoms with E-state index in [4.69, 9.17) is 4.74 Å². The van der Waals surface area contributed by atoms with E-state index >= 15 is 0 Å². The molecule has 31 heavy (non-hydrogen) atoms. The molecule has 3 rings (SSSR count). The van der Waals surface area contributed by atoms with Crippen molar-refractivity contribution in [2.45, 2.75) is 12.8 Å². The standard InChI is InChI=1S/C22H16F5NO3/c1-30-14-9-7-12(8-10-14)11-15(13-5-3-2-4-6-13)28-31-22(29)16-17(23)19(25)21(27)20(26)18(16)24/h2-7,9-10,12H,8,11H2,1H3/b28-15+/t12-/m1/s1. The molecule has 1 aliphatic rings. The van der Waals surface area contributed by atoms with E-state index in [0.29, 0.717) is 17.7 Å². The summed E-state index contributed by atoms with van der Waals surface area (Å²) in [6.07, 6.45) is 6.35. The van der Waals surface area contributed by atoms with Gasteiger partial charge >= 0.3 is 5.97 Å². The molecule has 0 heterocycles. The Kier molecular flexibility index (Phi) is 6.84. The minimum atomic E-state index is -2.37. The van der Waals surface area contributed by atoms with Crippen LogP contribution < -0.4 is 0 Å². The lowest BCUT2D eigenvalue weighted by molar-refractivity contribution is 0.0500. The Hall–Kier alpha value is -3.49. The SMILES string of the molecule is COC1=CC[C@H](C/C(=N\OC(=O)c2c(F)c(F)c(F)c(F)c2F)c2ccccc2)C=C1. The number of rotatable bonds is 6. The zero-order chi connectivity index (χ0) is 22.5. The number of halogens is 5. The molecule has 162 valence electrons. The maximum absolute atomic E-state index is 13.8. The summed E-state index contributed by atoms with van der Waals surface area (Å²) in [6.45, 7) is 0. The fourth-order valence-electron chi connectivity index (χ4n) is 2.96. The van der Waals surface area contributed by atoms with Crippen LogP contribution in [0.4, 0.5) is 22.0 Å². The Morgan fingerprint density at radius 1 is 1.00 bits per heavy atom. The number of ether oxygens (including phenoxy) is 1. The van der Waals surface area contributed by atoms with Crippen LogP contribution in [-0.4, -0.2) is 18.8 Å². The summed E-state index contributed by atoms with van der Waals surface area (Å²) in [5.41, 5.74) is -0.901. The summed E-state index contributed by atoms with van der Waals surface area (Å²) in [4.78, 5) is 16.7. The van der Waals surface area contributed by atoms with E-state index in [0.717, 1.165) is 0 Å². The Labute approximate surface area is 174 Å². The molecule has 0 N–H and O–H groups in total. The topological polar surface area (TPSA) is 47.9 Å². The van der Waals surface area contributed by atoms with Crippen molar-refractivity contribution in [2.75, 3.05) is 7.11 Å². The molecule has 0 unspecified atom stereocenters. The van der Waals surface area contributed by atoms with Crippen molar-refractivity contribution in [1.29, 1.82) is 0 Å². The molecule has 0 bridgehead atoms. The van der Waals surface area contributed by atoms with Gasteiger partial charge in [-0.25, -0.2) is 26.7 Å². The van der Waals surface area contributed by atoms with Crippen molar-refractivity contribution < 1.29 is 36.3 Å². The maximum atomic E-state index is 13.8. The van der Waals surface area contributed by atoms with Crippen molar-refractivity contribution in [3.8, 4) is 0 Å². The lowest BCUT2D eigenvalue weighted by Gasteiger charge is -2.16. The number of carbonyl (C=O) groups excluding carboxylic acids is 1. The molecule has 0 fully saturated rings. The first-order valence-corrected chi connectivity index (χ1v) is 9.10. The molecule has 2 aromatic carbocycles. The van der Waals surface area contributed by atoms with Crippen LogP contribution in [0.5, 0.6) is 0 Å². The number of allylic oxidation sites excluding steroid dienone is 3. The fraction of sp³-hybridized carbons (Fsp3) is 0.182. The number of benzene rings is 2. The van der Waals surface area contributed by atoms with E-state index in [1.54, 1.807) is 36.4 Å². The number of nitrogens with zero attached hydrogens (tertiary/aromatic N) is 1. The fourth-order valence-corrected chi connectivity index (χ4v) is 2.96. The van der Waals surface area contributed by atoms with Crippen molar-refractivity contribution in [3.63, 3.8) is 0 Å². The number of carbonyl (C=O) groups is 1. The summed E-state index contributed by atoms with van der Waals surface area (Å²) >= 11 is 0. The minimum Gasteiger partial charge on any atom is -0.497 e. The van der Waals surface area contributed by atoms with E-state index in [1.165, 1.54) is 7.11 Å². The number of methoxy groups -OCH3 is 1. The monoisotopic (exact) mass is 437 g/mol. The van der Waals surface area contributed by atoms with Gasteiger partial charge in [-0.3, -0.25) is 0 Å². The average molecular weight is 437 g/mol. The molecule has 0 aromatic heterocycles. The van der Waals surface area contributed by atoms with Crippen molar-refractivity contribution in [3.05, 3.63) is 94.5 Å². The molecular formula is C22H16F5NO3. The van der Waals surface area contributed by atoms with Crippen molar-refractivity contribution >= 4 is 11.7 Å². The zero-order valence-corrected chi connectivity index (χ0v) is 16.2. The highest BCUT2D eigenvalue weighted by Crippen LogP contribution is 2.25. The maximum Gasteiger partial charge on any atom is 0.371 e. The van der Waals surface area contributed by atoms with Crippen LogP contribution in [0.3, 0.4) is 0 Å². The summed E-state index contributed by atoms with van der Waals surface area (Å²) in [5.74, 6) is -12.6. The lowest BCUT2D eigenvalue weighted by Crippen LogP contribution is -2.15. The molecule has 0 radical (unpaired) electrons. The predicted molar refractivity (Wildman–Crippen MR) is 102 cm³/mol. The Balaban J connectivity index is 1.88. The van der Waals surface area contributed by atoms with Gasteiger partial charge in [-0.05, 0) is 30.1 Å². The van der Waals surface area contributed by atoms with Gasteiger partial charge < -0.3 is 9.57 Å². The highest BCUT2D eigenvalue weighted by molar-refractivity contribution is 6.01. The highest BCUT2D eigenvalue weighted by Gasteiger charge is 2.31. The molecule has 1 atom stereocenters. The second-order valence-corrected chi connectivity index (χ2v) is 6.60. The summed E-state index contributed by atoms with van der Waals surface area (Å²) < 4.78 is 72.7. The Bertz CT molecular complexity index is 1050. The smallest absolute Gasteiger partial charge is 0.371 e. The summed E-state index contributed by atoms with van der Waals surface area (Å²) in [6, 6.07) is 8.50. The number of hydrogen-bond acceptors (Lipinski definition) is 4. The average Bonchev–Trinajstić information content (AvgIpc) is 2.80. The molecule has 0 amide bonds. The molecule has 4 nitrogen and oxygen atoms in total. The minimum absolute atomic E-state index is 0.0502. The number of hydrogen-bond donors (Lipinski definition) is 0. The van der Waals surface area contributed by atoms with Gasteiger partial charge in [0.2, 0.25) is 5.82 Å². The van der Waals surface area contributed by atoms with Crippen LogP contribution in [0.15, 0.2) is 59.5 Å². The molecule has 1 aliphatic carbocycles. The first-order valence-electron chi connectivity index (χ1n) is 9.10. The van der Waals surface area contributed by atoms with E-state index in [2.05, 4.69) is 9.99 Å². The van der Waals surface area contributed by atoms with Crippen LogP contribution in [0, 0.1) is 35.0 Å². The predicted octanol–water partition coefficient (Wildman–Crippen LogP) is 5.44. The van der Waals surface area contributed by atoms with E-state index in [1.807, 2.05) is 12.2 Å². The molecule has 0 spiro atoms. The first kappa shape index (κ1) is 22.2. The molecule has 0 aliphatic heterocycles. The van der Waals surface area contributed by atoms with Gasteiger partial charge in [-0.15, -0.1) is 0 Å². The quantitative estimate of drug-likeness (QED) is 0.151. The van der Waals surface area contributed by atoms with E-state index in [9.17, 15) is 26.7 Å². The van der Waals surface area contributed by atoms with E-state index in [-0.39, 0.29) is 18.1 Å². The molecule has 2 aromatic rings.